The maximum atomic E-state index is 10.7. The third-order valence-corrected chi connectivity index (χ3v) is 5.26. The smallest absolute Gasteiger partial charge is 0.303 e. The molecule has 0 spiro atoms. The van der Waals surface area contributed by atoms with Crippen molar-refractivity contribution in [2.75, 3.05) is 32.7 Å². The van der Waals surface area contributed by atoms with Crippen molar-refractivity contribution in [3.05, 3.63) is 0 Å². The van der Waals surface area contributed by atoms with Gasteiger partial charge in [0.1, 0.15) is 0 Å². The lowest BCUT2D eigenvalue weighted by atomic mass is 9.90. The Bertz CT molecular complexity index is 314. The van der Waals surface area contributed by atoms with Crippen molar-refractivity contribution in [1.82, 2.24) is 9.80 Å². The number of piperidine rings is 1. The fourth-order valence-electron chi connectivity index (χ4n) is 3.98. The molecule has 1 unspecified atom stereocenters. The Kier molecular flexibility index (Phi) is 6.97. The zero-order valence-electron chi connectivity index (χ0n) is 13.6. The van der Waals surface area contributed by atoms with Crippen LogP contribution in [0.15, 0.2) is 0 Å². The second-order valence-electron chi connectivity index (χ2n) is 6.84. The highest BCUT2D eigenvalue weighted by atomic mass is 16.4. The number of nitrogens with zero attached hydrogens (tertiary/aromatic N) is 2. The van der Waals surface area contributed by atoms with E-state index in [-0.39, 0.29) is 0 Å². The van der Waals surface area contributed by atoms with Gasteiger partial charge in [-0.25, -0.2) is 0 Å². The molecule has 21 heavy (non-hydrogen) atoms. The molecule has 2 heterocycles. The molecule has 0 radical (unpaired) electrons. The zero-order chi connectivity index (χ0) is 15.1. The minimum Gasteiger partial charge on any atom is -0.481 e. The Morgan fingerprint density at radius 1 is 1.10 bits per heavy atom. The third-order valence-electron chi connectivity index (χ3n) is 5.26. The summed E-state index contributed by atoms with van der Waals surface area (Å²) in [5.41, 5.74) is 0. The van der Waals surface area contributed by atoms with Crippen molar-refractivity contribution >= 4 is 5.97 Å². The van der Waals surface area contributed by atoms with Crippen molar-refractivity contribution < 1.29 is 9.90 Å². The lowest BCUT2D eigenvalue weighted by Crippen LogP contribution is -2.42. The number of aliphatic carboxylic acids is 1. The van der Waals surface area contributed by atoms with Crippen LogP contribution in [0.1, 0.15) is 58.3 Å². The molecule has 2 fully saturated rings. The highest BCUT2D eigenvalue weighted by molar-refractivity contribution is 5.66. The average molecular weight is 296 g/mol. The first kappa shape index (κ1) is 16.8. The third kappa shape index (κ3) is 5.59. The number of rotatable bonds is 6. The summed E-state index contributed by atoms with van der Waals surface area (Å²) < 4.78 is 0. The number of likely N-dealkylation sites (tertiary alicyclic amines) is 2. The molecule has 2 rings (SSSR count). The molecule has 0 amide bonds. The lowest BCUT2D eigenvalue weighted by Gasteiger charge is -2.37. The number of hydrogen-bond donors (Lipinski definition) is 1. The summed E-state index contributed by atoms with van der Waals surface area (Å²) in [4.78, 5) is 16.0. The molecule has 2 saturated heterocycles. The molecule has 0 aromatic carbocycles. The highest BCUT2D eigenvalue weighted by Crippen LogP contribution is 2.26. The molecule has 4 nitrogen and oxygen atoms in total. The van der Waals surface area contributed by atoms with Crippen LogP contribution in [0.3, 0.4) is 0 Å². The molecule has 0 aliphatic carbocycles. The predicted octanol–water partition coefficient (Wildman–Crippen LogP) is 2.83. The van der Waals surface area contributed by atoms with E-state index in [1.165, 1.54) is 71.2 Å². The Hall–Kier alpha value is -0.610. The van der Waals surface area contributed by atoms with E-state index in [2.05, 4.69) is 16.7 Å². The van der Waals surface area contributed by atoms with Gasteiger partial charge in [0.2, 0.25) is 0 Å². The lowest BCUT2D eigenvalue weighted by molar-refractivity contribution is -0.137. The molecule has 0 aromatic heterocycles. The number of carboxylic acid groups (broad SMARTS) is 1. The van der Waals surface area contributed by atoms with E-state index in [4.69, 9.17) is 5.11 Å². The number of carbonyl (C=O) groups is 1. The van der Waals surface area contributed by atoms with E-state index >= 15 is 0 Å². The fraction of sp³-hybridized carbons (Fsp3) is 0.941. The van der Waals surface area contributed by atoms with Crippen molar-refractivity contribution in [1.29, 1.82) is 0 Å². The van der Waals surface area contributed by atoms with E-state index in [0.717, 1.165) is 12.5 Å². The van der Waals surface area contributed by atoms with Crippen LogP contribution in [0.4, 0.5) is 0 Å². The summed E-state index contributed by atoms with van der Waals surface area (Å²) >= 11 is 0. The van der Waals surface area contributed by atoms with Crippen molar-refractivity contribution in [3.8, 4) is 0 Å². The van der Waals surface area contributed by atoms with Crippen molar-refractivity contribution in [2.45, 2.75) is 64.3 Å². The van der Waals surface area contributed by atoms with Gasteiger partial charge in [-0.05, 0) is 83.6 Å². The Balaban J connectivity index is 1.70. The average Bonchev–Trinajstić information content (AvgIpc) is 2.72. The normalized spacial score (nSPS) is 26.6. The van der Waals surface area contributed by atoms with Gasteiger partial charge in [0.05, 0.1) is 0 Å². The maximum absolute atomic E-state index is 10.7. The van der Waals surface area contributed by atoms with Crippen LogP contribution in [0.2, 0.25) is 0 Å². The highest BCUT2D eigenvalue weighted by Gasteiger charge is 2.26. The van der Waals surface area contributed by atoms with Gasteiger partial charge in [-0.1, -0.05) is 6.92 Å². The first-order valence-corrected chi connectivity index (χ1v) is 8.87. The summed E-state index contributed by atoms with van der Waals surface area (Å²) in [6.07, 6.45) is 8.88. The Morgan fingerprint density at radius 3 is 2.52 bits per heavy atom. The van der Waals surface area contributed by atoms with Crippen molar-refractivity contribution in [2.24, 2.45) is 5.92 Å². The minimum atomic E-state index is -0.641. The molecule has 2 aliphatic heterocycles. The fourth-order valence-corrected chi connectivity index (χ4v) is 3.98. The van der Waals surface area contributed by atoms with E-state index in [1.54, 1.807) is 0 Å². The Morgan fingerprint density at radius 2 is 1.86 bits per heavy atom. The zero-order valence-corrected chi connectivity index (χ0v) is 13.6. The van der Waals surface area contributed by atoms with Gasteiger partial charge >= 0.3 is 5.97 Å². The van der Waals surface area contributed by atoms with Crippen LogP contribution >= 0.6 is 0 Å². The predicted molar refractivity (Wildman–Crippen MR) is 85.5 cm³/mol. The van der Waals surface area contributed by atoms with E-state index in [1.807, 2.05) is 0 Å². The monoisotopic (exact) mass is 296 g/mol. The summed E-state index contributed by atoms with van der Waals surface area (Å²) in [7, 11) is 0. The standard InChI is InChI=1S/C17H32N2O2/c1-2-10-18-11-3-4-16(9-12-18)19-13-7-15(8-14-19)5-6-17(20)21/h15-16H,2-14H2,1H3,(H,20,21). The molecule has 1 N–H and O–H groups in total. The van der Waals surface area contributed by atoms with Crippen LogP contribution in [-0.4, -0.2) is 59.6 Å². The van der Waals surface area contributed by atoms with Crippen LogP contribution in [-0.2, 0) is 4.79 Å². The number of carboxylic acids is 1. The summed E-state index contributed by atoms with van der Waals surface area (Å²) in [6, 6.07) is 0.771. The second kappa shape index (κ2) is 8.74. The second-order valence-corrected chi connectivity index (χ2v) is 6.84. The van der Waals surface area contributed by atoms with Gasteiger partial charge in [-0.15, -0.1) is 0 Å². The molecule has 0 aromatic rings. The summed E-state index contributed by atoms with van der Waals surface area (Å²) in [6.45, 7) is 8.43. The van der Waals surface area contributed by atoms with E-state index < -0.39 is 5.97 Å². The van der Waals surface area contributed by atoms with Gasteiger partial charge in [0.25, 0.3) is 0 Å². The van der Waals surface area contributed by atoms with Gasteiger partial charge in [0.15, 0.2) is 0 Å². The van der Waals surface area contributed by atoms with Gasteiger partial charge in [-0.3, -0.25) is 4.79 Å². The van der Waals surface area contributed by atoms with E-state index in [9.17, 15) is 4.79 Å². The molecule has 0 bridgehead atoms. The SMILES string of the molecule is CCCN1CCCC(N2CCC(CCC(=O)O)CC2)CC1. The van der Waals surface area contributed by atoms with Crippen molar-refractivity contribution in [3.63, 3.8) is 0 Å². The molecule has 1 atom stereocenters. The topological polar surface area (TPSA) is 43.8 Å². The summed E-state index contributed by atoms with van der Waals surface area (Å²) in [5, 5.41) is 8.78. The quantitative estimate of drug-likeness (QED) is 0.818. The first-order chi connectivity index (χ1) is 10.2. The molecule has 4 heteroatoms. The van der Waals surface area contributed by atoms with E-state index in [0.29, 0.717) is 12.3 Å². The minimum absolute atomic E-state index is 0.347. The summed E-state index contributed by atoms with van der Waals surface area (Å²) in [5.74, 6) is -0.00284. The molecule has 2 aliphatic rings. The molecule has 122 valence electrons. The molecular formula is C17H32N2O2. The Labute approximate surface area is 129 Å². The van der Waals surface area contributed by atoms with Crippen LogP contribution in [0.5, 0.6) is 0 Å². The first-order valence-electron chi connectivity index (χ1n) is 8.87. The van der Waals surface area contributed by atoms with Gasteiger partial charge in [0, 0.05) is 12.5 Å². The van der Waals surface area contributed by atoms with Gasteiger partial charge in [-0.2, -0.15) is 0 Å². The molecule has 0 saturated carbocycles. The van der Waals surface area contributed by atoms with Crippen LogP contribution in [0, 0.1) is 5.92 Å². The van der Waals surface area contributed by atoms with Crippen LogP contribution in [0.25, 0.3) is 0 Å². The number of hydrogen-bond acceptors (Lipinski definition) is 3. The van der Waals surface area contributed by atoms with Gasteiger partial charge < -0.3 is 14.9 Å². The molecular weight excluding hydrogens is 264 g/mol. The maximum Gasteiger partial charge on any atom is 0.303 e. The largest absolute Gasteiger partial charge is 0.481 e. The van der Waals surface area contributed by atoms with Crippen LogP contribution < -0.4 is 0 Å².